The number of benzene rings is 1. The number of anilines is 1. The Kier molecular flexibility index (Phi) is 3.71. The molecule has 3 heteroatoms. The van der Waals surface area contributed by atoms with Gasteiger partial charge in [-0.2, -0.15) is 0 Å². The zero-order valence-electron chi connectivity index (χ0n) is 7.76. The first kappa shape index (κ1) is 9.99. The zero-order chi connectivity index (χ0) is 9.68. The standard InChI is InChI=1S/C10H15FN2/c1-8(6-12)7-13-10-5-3-2-4-9(10)11/h2-5,8,13H,6-7,12H2,1H3. The van der Waals surface area contributed by atoms with E-state index in [0.717, 1.165) is 0 Å². The van der Waals surface area contributed by atoms with Crippen LogP contribution < -0.4 is 11.1 Å². The highest BCUT2D eigenvalue weighted by Gasteiger charge is 2.01. The summed E-state index contributed by atoms with van der Waals surface area (Å²) in [7, 11) is 0. The minimum atomic E-state index is -0.216. The summed E-state index contributed by atoms with van der Waals surface area (Å²) < 4.78 is 13.1. The first-order valence-corrected chi connectivity index (χ1v) is 4.42. The van der Waals surface area contributed by atoms with Crippen LogP contribution in [0.5, 0.6) is 0 Å². The van der Waals surface area contributed by atoms with E-state index in [2.05, 4.69) is 5.32 Å². The molecule has 0 aliphatic carbocycles. The summed E-state index contributed by atoms with van der Waals surface area (Å²) in [6, 6.07) is 6.64. The lowest BCUT2D eigenvalue weighted by atomic mass is 10.2. The summed E-state index contributed by atoms with van der Waals surface area (Å²) in [5.74, 6) is 0.145. The van der Waals surface area contributed by atoms with Gasteiger partial charge in [0.15, 0.2) is 0 Å². The lowest BCUT2D eigenvalue weighted by Crippen LogP contribution is -2.20. The Hall–Kier alpha value is -1.09. The van der Waals surface area contributed by atoms with Gasteiger partial charge in [0.25, 0.3) is 0 Å². The number of halogens is 1. The van der Waals surface area contributed by atoms with Crippen molar-refractivity contribution in [3.8, 4) is 0 Å². The number of nitrogens with two attached hydrogens (primary N) is 1. The van der Waals surface area contributed by atoms with Gasteiger partial charge >= 0.3 is 0 Å². The highest BCUT2D eigenvalue weighted by molar-refractivity contribution is 5.44. The third-order valence-electron chi connectivity index (χ3n) is 1.92. The van der Waals surface area contributed by atoms with Crippen molar-refractivity contribution in [2.75, 3.05) is 18.4 Å². The van der Waals surface area contributed by atoms with E-state index in [1.165, 1.54) is 6.07 Å². The van der Waals surface area contributed by atoms with Gasteiger partial charge in [-0.3, -0.25) is 0 Å². The molecule has 0 spiro atoms. The van der Waals surface area contributed by atoms with Crippen molar-refractivity contribution in [2.24, 2.45) is 11.7 Å². The molecule has 0 heterocycles. The molecule has 1 aromatic carbocycles. The van der Waals surface area contributed by atoms with Crippen LogP contribution in [-0.2, 0) is 0 Å². The van der Waals surface area contributed by atoms with E-state index in [9.17, 15) is 4.39 Å². The van der Waals surface area contributed by atoms with Crippen LogP contribution in [0, 0.1) is 11.7 Å². The molecule has 1 rings (SSSR count). The minimum Gasteiger partial charge on any atom is -0.382 e. The first-order valence-electron chi connectivity index (χ1n) is 4.42. The lowest BCUT2D eigenvalue weighted by molar-refractivity contribution is 0.609. The molecule has 0 aliphatic heterocycles. The Labute approximate surface area is 77.9 Å². The molecule has 0 amide bonds. The summed E-state index contributed by atoms with van der Waals surface area (Å²) in [6.07, 6.45) is 0. The Morgan fingerprint density at radius 3 is 2.77 bits per heavy atom. The fraction of sp³-hybridized carbons (Fsp3) is 0.400. The Bertz CT molecular complexity index is 263. The van der Waals surface area contributed by atoms with E-state index in [-0.39, 0.29) is 5.82 Å². The van der Waals surface area contributed by atoms with Crippen molar-refractivity contribution < 1.29 is 4.39 Å². The van der Waals surface area contributed by atoms with Gasteiger partial charge in [-0.1, -0.05) is 19.1 Å². The lowest BCUT2D eigenvalue weighted by Gasteiger charge is -2.11. The third-order valence-corrected chi connectivity index (χ3v) is 1.92. The normalized spacial score (nSPS) is 12.5. The maximum Gasteiger partial charge on any atom is 0.146 e. The van der Waals surface area contributed by atoms with Gasteiger partial charge in [0, 0.05) is 6.54 Å². The van der Waals surface area contributed by atoms with Gasteiger partial charge < -0.3 is 11.1 Å². The highest BCUT2D eigenvalue weighted by atomic mass is 19.1. The number of hydrogen-bond acceptors (Lipinski definition) is 2. The quantitative estimate of drug-likeness (QED) is 0.745. The fourth-order valence-corrected chi connectivity index (χ4v) is 0.972. The van der Waals surface area contributed by atoms with Gasteiger partial charge in [0.05, 0.1) is 5.69 Å². The second-order valence-electron chi connectivity index (χ2n) is 3.20. The molecule has 1 aromatic rings. The largest absolute Gasteiger partial charge is 0.382 e. The Morgan fingerprint density at radius 2 is 2.15 bits per heavy atom. The van der Waals surface area contributed by atoms with E-state index >= 15 is 0 Å². The SMILES string of the molecule is CC(CN)CNc1ccccc1F. The molecule has 0 aromatic heterocycles. The smallest absolute Gasteiger partial charge is 0.146 e. The van der Waals surface area contributed by atoms with Crippen LogP contribution in [0.2, 0.25) is 0 Å². The average Bonchev–Trinajstić information content (AvgIpc) is 2.16. The summed E-state index contributed by atoms with van der Waals surface area (Å²) in [6.45, 7) is 3.34. The fourth-order valence-electron chi connectivity index (χ4n) is 0.972. The van der Waals surface area contributed by atoms with Crippen LogP contribution in [0.1, 0.15) is 6.92 Å². The predicted octanol–water partition coefficient (Wildman–Crippen LogP) is 1.83. The maximum atomic E-state index is 13.1. The van der Waals surface area contributed by atoms with E-state index in [4.69, 9.17) is 5.73 Å². The molecule has 72 valence electrons. The monoisotopic (exact) mass is 182 g/mol. The third kappa shape index (κ3) is 3.03. The van der Waals surface area contributed by atoms with Gasteiger partial charge in [-0.25, -0.2) is 4.39 Å². The summed E-state index contributed by atoms with van der Waals surface area (Å²) >= 11 is 0. The van der Waals surface area contributed by atoms with Crippen molar-refractivity contribution in [1.82, 2.24) is 0 Å². The minimum absolute atomic E-state index is 0.216. The Morgan fingerprint density at radius 1 is 1.46 bits per heavy atom. The topological polar surface area (TPSA) is 38.0 Å². The highest BCUT2D eigenvalue weighted by Crippen LogP contribution is 2.12. The molecule has 3 N–H and O–H groups in total. The van der Waals surface area contributed by atoms with Crippen molar-refractivity contribution >= 4 is 5.69 Å². The van der Waals surface area contributed by atoms with Gasteiger partial charge in [0.1, 0.15) is 5.82 Å². The molecule has 0 fully saturated rings. The maximum absolute atomic E-state index is 13.1. The Balaban J connectivity index is 2.50. The molecule has 0 radical (unpaired) electrons. The van der Waals surface area contributed by atoms with Crippen molar-refractivity contribution in [2.45, 2.75) is 6.92 Å². The molecule has 1 unspecified atom stereocenters. The van der Waals surface area contributed by atoms with Crippen molar-refractivity contribution in [1.29, 1.82) is 0 Å². The molecular weight excluding hydrogens is 167 g/mol. The van der Waals surface area contributed by atoms with E-state index in [0.29, 0.717) is 24.7 Å². The second kappa shape index (κ2) is 4.82. The first-order chi connectivity index (χ1) is 6.24. The molecule has 0 saturated carbocycles. The molecule has 0 saturated heterocycles. The van der Waals surface area contributed by atoms with Crippen LogP contribution in [0.4, 0.5) is 10.1 Å². The van der Waals surface area contributed by atoms with E-state index in [1.54, 1.807) is 18.2 Å². The van der Waals surface area contributed by atoms with Crippen LogP contribution >= 0.6 is 0 Å². The summed E-state index contributed by atoms with van der Waals surface area (Å²) in [4.78, 5) is 0. The molecular formula is C10H15FN2. The zero-order valence-corrected chi connectivity index (χ0v) is 7.76. The van der Waals surface area contributed by atoms with Crippen LogP contribution in [-0.4, -0.2) is 13.1 Å². The summed E-state index contributed by atoms with van der Waals surface area (Å²) in [5, 5.41) is 3.01. The number of rotatable bonds is 4. The number of nitrogens with one attached hydrogen (secondary N) is 1. The van der Waals surface area contributed by atoms with Gasteiger partial charge in [-0.15, -0.1) is 0 Å². The van der Waals surface area contributed by atoms with Crippen LogP contribution in [0.3, 0.4) is 0 Å². The molecule has 0 bridgehead atoms. The number of para-hydroxylation sites is 1. The average molecular weight is 182 g/mol. The molecule has 1 atom stereocenters. The van der Waals surface area contributed by atoms with Gasteiger partial charge in [0.2, 0.25) is 0 Å². The van der Waals surface area contributed by atoms with Gasteiger partial charge in [-0.05, 0) is 24.6 Å². The summed E-state index contributed by atoms with van der Waals surface area (Å²) in [5.41, 5.74) is 5.98. The number of hydrogen-bond donors (Lipinski definition) is 2. The second-order valence-corrected chi connectivity index (χ2v) is 3.20. The van der Waals surface area contributed by atoms with Crippen molar-refractivity contribution in [3.63, 3.8) is 0 Å². The van der Waals surface area contributed by atoms with E-state index < -0.39 is 0 Å². The predicted molar refractivity (Wildman–Crippen MR) is 53.1 cm³/mol. The molecule has 13 heavy (non-hydrogen) atoms. The molecule has 2 nitrogen and oxygen atoms in total. The van der Waals surface area contributed by atoms with E-state index in [1.807, 2.05) is 6.92 Å². The van der Waals surface area contributed by atoms with Crippen molar-refractivity contribution in [3.05, 3.63) is 30.1 Å². The van der Waals surface area contributed by atoms with Crippen LogP contribution in [0.25, 0.3) is 0 Å². The molecule has 0 aliphatic rings. The van der Waals surface area contributed by atoms with Crippen LogP contribution in [0.15, 0.2) is 24.3 Å².